The molecule has 3 aromatic rings. The summed E-state index contributed by atoms with van der Waals surface area (Å²) in [5.74, 6) is -2.59. The van der Waals surface area contributed by atoms with Gasteiger partial charge >= 0.3 is 0 Å². The summed E-state index contributed by atoms with van der Waals surface area (Å²) in [4.78, 5) is 12.1. The smallest absolute Gasteiger partial charge is 0.255 e. The second-order valence-electron chi connectivity index (χ2n) is 5.53. The Labute approximate surface area is 148 Å². The highest BCUT2D eigenvalue weighted by Crippen LogP contribution is 2.23. The van der Waals surface area contributed by atoms with Crippen LogP contribution in [0.5, 0.6) is 0 Å². The average Bonchev–Trinajstić information content (AvgIpc) is 2.85. The van der Waals surface area contributed by atoms with Gasteiger partial charge in [0.2, 0.25) is 0 Å². The topological polar surface area (TPSA) is 46.9 Å². The second kappa shape index (κ2) is 6.64. The minimum atomic E-state index is -1.07. The number of anilines is 1. The van der Waals surface area contributed by atoms with Crippen LogP contribution in [0.4, 0.5) is 14.5 Å². The van der Waals surface area contributed by atoms with Gasteiger partial charge in [0.05, 0.1) is 22.1 Å². The fraction of sp³-hybridized carbons (Fsp3) is 0.111. The summed E-state index contributed by atoms with van der Waals surface area (Å²) in [5, 5.41) is 7.59. The van der Waals surface area contributed by atoms with E-state index in [1.807, 2.05) is 13.8 Å². The summed E-state index contributed by atoms with van der Waals surface area (Å²) in [6.07, 6.45) is 0. The molecule has 0 aliphatic heterocycles. The number of aromatic nitrogens is 2. The molecule has 1 heterocycles. The summed E-state index contributed by atoms with van der Waals surface area (Å²) >= 11 is 6.14. The van der Waals surface area contributed by atoms with Gasteiger partial charge in [0.1, 0.15) is 0 Å². The zero-order valence-corrected chi connectivity index (χ0v) is 14.2. The second-order valence-corrected chi connectivity index (χ2v) is 5.90. The first-order valence-corrected chi connectivity index (χ1v) is 7.83. The first-order valence-electron chi connectivity index (χ1n) is 7.45. The summed E-state index contributed by atoms with van der Waals surface area (Å²) in [5.41, 5.74) is 2.89. The van der Waals surface area contributed by atoms with Crippen LogP contribution in [-0.2, 0) is 0 Å². The summed E-state index contributed by atoms with van der Waals surface area (Å²) in [6.45, 7) is 3.68. The first-order chi connectivity index (χ1) is 11.9. The lowest BCUT2D eigenvalue weighted by Gasteiger charge is -2.08. The van der Waals surface area contributed by atoms with Crippen molar-refractivity contribution in [2.24, 2.45) is 0 Å². The third kappa shape index (κ3) is 3.39. The number of halogens is 3. The Morgan fingerprint density at radius 3 is 2.32 bits per heavy atom. The molecule has 1 amide bonds. The van der Waals surface area contributed by atoms with E-state index >= 15 is 0 Å². The lowest BCUT2D eigenvalue weighted by atomic mass is 10.2. The minimum Gasteiger partial charge on any atom is -0.322 e. The Bertz CT molecular complexity index is 952. The molecule has 25 heavy (non-hydrogen) atoms. The Balaban J connectivity index is 1.79. The minimum absolute atomic E-state index is 0.0355. The van der Waals surface area contributed by atoms with Crippen molar-refractivity contribution in [3.8, 4) is 5.69 Å². The number of amides is 1. The van der Waals surface area contributed by atoms with Gasteiger partial charge < -0.3 is 5.32 Å². The monoisotopic (exact) mass is 361 g/mol. The first kappa shape index (κ1) is 17.1. The van der Waals surface area contributed by atoms with Gasteiger partial charge in [-0.15, -0.1) is 0 Å². The number of hydrogen-bond donors (Lipinski definition) is 1. The van der Waals surface area contributed by atoms with Crippen LogP contribution < -0.4 is 5.32 Å². The molecular formula is C18H14ClF2N3O. The van der Waals surface area contributed by atoms with Crippen molar-refractivity contribution in [1.82, 2.24) is 9.78 Å². The summed E-state index contributed by atoms with van der Waals surface area (Å²) in [7, 11) is 0. The van der Waals surface area contributed by atoms with E-state index < -0.39 is 17.5 Å². The van der Waals surface area contributed by atoms with Crippen LogP contribution >= 0.6 is 11.6 Å². The predicted molar refractivity (Wildman–Crippen MR) is 92.4 cm³/mol. The largest absolute Gasteiger partial charge is 0.322 e. The number of hydrogen-bond acceptors (Lipinski definition) is 2. The van der Waals surface area contributed by atoms with Crippen LogP contribution in [0.2, 0.25) is 5.02 Å². The van der Waals surface area contributed by atoms with Crippen LogP contribution in [0, 0.1) is 25.5 Å². The van der Waals surface area contributed by atoms with Gasteiger partial charge in [-0.05, 0) is 56.3 Å². The fourth-order valence-electron chi connectivity index (χ4n) is 2.40. The quantitative estimate of drug-likeness (QED) is 0.736. The van der Waals surface area contributed by atoms with Crippen molar-refractivity contribution >= 4 is 23.2 Å². The lowest BCUT2D eigenvalue weighted by Crippen LogP contribution is -2.12. The number of carbonyl (C=O) groups excluding carboxylic acids is 1. The summed E-state index contributed by atoms with van der Waals surface area (Å²) < 4.78 is 27.9. The molecule has 1 aromatic heterocycles. The number of nitrogens with one attached hydrogen (secondary N) is 1. The molecule has 1 N–H and O–H groups in total. The molecular weight excluding hydrogens is 348 g/mol. The highest BCUT2D eigenvalue weighted by molar-refractivity contribution is 6.31. The van der Waals surface area contributed by atoms with Gasteiger partial charge in [0.25, 0.3) is 5.91 Å². The van der Waals surface area contributed by atoms with E-state index in [0.717, 1.165) is 29.2 Å². The molecule has 128 valence electrons. The third-order valence-corrected chi connectivity index (χ3v) is 4.30. The number of carbonyl (C=O) groups is 1. The van der Waals surface area contributed by atoms with E-state index in [1.165, 1.54) is 6.07 Å². The Hall–Kier alpha value is -2.73. The van der Waals surface area contributed by atoms with Gasteiger partial charge in [-0.3, -0.25) is 4.79 Å². The van der Waals surface area contributed by atoms with E-state index in [9.17, 15) is 13.6 Å². The molecule has 4 nitrogen and oxygen atoms in total. The van der Waals surface area contributed by atoms with Crippen molar-refractivity contribution in [3.05, 3.63) is 76.1 Å². The highest BCUT2D eigenvalue weighted by Gasteiger charge is 2.12. The molecule has 0 saturated heterocycles. The normalized spacial score (nSPS) is 10.8. The standard InChI is InChI=1S/C18H14ClF2N3O/c1-10-17(19)11(2)24(23-10)14-6-4-13(5-7-14)22-18(25)12-3-8-15(20)16(21)9-12/h3-9H,1-2H3,(H,22,25). The molecule has 0 saturated carbocycles. The van der Waals surface area contributed by atoms with E-state index in [-0.39, 0.29) is 5.56 Å². The van der Waals surface area contributed by atoms with Crippen LogP contribution in [0.25, 0.3) is 5.69 Å². The maximum absolute atomic E-state index is 13.2. The molecule has 0 aliphatic carbocycles. The Morgan fingerprint density at radius 2 is 1.76 bits per heavy atom. The van der Waals surface area contributed by atoms with Crippen LogP contribution in [-0.4, -0.2) is 15.7 Å². The number of rotatable bonds is 3. The average molecular weight is 362 g/mol. The van der Waals surface area contributed by atoms with Crippen molar-refractivity contribution < 1.29 is 13.6 Å². The van der Waals surface area contributed by atoms with E-state index in [1.54, 1.807) is 28.9 Å². The van der Waals surface area contributed by atoms with Crippen LogP contribution in [0.15, 0.2) is 42.5 Å². The molecule has 0 spiro atoms. The van der Waals surface area contributed by atoms with Crippen molar-refractivity contribution in [2.45, 2.75) is 13.8 Å². The third-order valence-electron chi connectivity index (χ3n) is 3.75. The maximum atomic E-state index is 13.2. The zero-order valence-electron chi connectivity index (χ0n) is 13.5. The molecule has 0 fully saturated rings. The van der Waals surface area contributed by atoms with Crippen LogP contribution in [0.3, 0.4) is 0 Å². The van der Waals surface area contributed by atoms with E-state index in [2.05, 4.69) is 10.4 Å². The maximum Gasteiger partial charge on any atom is 0.255 e. The van der Waals surface area contributed by atoms with Crippen LogP contribution in [0.1, 0.15) is 21.7 Å². The van der Waals surface area contributed by atoms with Crippen molar-refractivity contribution in [3.63, 3.8) is 0 Å². The van der Waals surface area contributed by atoms with Gasteiger partial charge in [-0.2, -0.15) is 5.10 Å². The fourth-order valence-corrected chi connectivity index (χ4v) is 2.52. The number of aryl methyl sites for hydroxylation is 1. The molecule has 3 rings (SSSR count). The zero-order chi connectivity index (χ0) is 18.1. The number of benzene rings is 2. The van der Waals surface area contributed by atoms with Gasteiger partial charge in [-0.25, -0.2) is 13.5 Å². The molecule has 0 bridgehead atoms. The Kier molecular flexibility index (Phi) is 4.55. The van der Waals surface area contributed by atoms with Gasteiger partial charge in [-0.1, -0.05) is 11.6 Å². The van der Waals surface area contributed by atoms with Gasteiger partial charge in [0, 0.05) is 11.3 Å². The number of nitrogens with zero attached hydrogens (tertiary/aromatic N) is 2. The predicted octanol–water partition coefficient (Wildman–Crippen LogP) is 4.67. The van der Waals surface area contributed by atoms with Crippen molar-refractivity contribution in [2.75, 3.05) is 5.32 Å². The molecule has 0 radical (unpaired) electrons. The Morgan fingerprint density at radius 1 is 1.08 bits per heavy atom. The highest BCUT2D eigenvalue weighted by atomic mass is 35.5. The lowest BCUT2D eigenvalue weighted by molar-refractivity contribution is 0.102. The SMILES string of the molecule is Cc1nn(-c2ccc(NC(=O)c3ccc(F)c(F)c3)cc2)c(C)c1Cl. The molecule has 7 heteroatoms. The van der Waals surface area contributed by atoms with E-state index in [0.29, 0.717) is 10.7 Å². The molecule has 0 unspecified atom stereocenters. The molecule has 2 aromatic carbocycles. The van der Waals surface area contributed by atoms with Crippen molar-refractivity contribution in [1.29, 1.82) is 0 Å². The van der Waals surface area contributed by atoms with Gasteiger partial charge in [0.15, 0.2) is 11.6 Å². The van der Waals surface area contributed by atoms with E-state index in [4.69, 9.17) is 11.6 Å². The summed E-state index contributed by atoms with van der Waals surface area (Å²) in [6, 6.07) is 9.93. The molecule has 0 atom stereocenters. The molecule has 0 aliphatic rings.